The summed E-state index contributed by atoms with van der Waals surface area (Å²) in [7, 11) is 0. The van der Waals surface area contributed by atoms with Crippen molar-refractivity contribution in [3.8, 4) is 0 Å². The molecule has 1 aliphatic rings. The van der Waals surface area contributed by atoms with E-state index in [0.29, 0.717) is 12.9 Å². The normalized spacial score (nSPS) is 16.8. The molecule has 0 N–H and O–H groups in total. The Balaban J connectivity index is 1.65. The second-order valence-corrected chi connectivity index (χ2v) is 3.45. The molecular weight excluding hydrogens is 152 g/mol. The molecule has 1 aliphatic carbocycles. The highest BCUT2D eigenvalue weighted by atomic mass is 16.7. The third-order valence-electron chi connectivity index (χ3n) is 2.05. The van der Waals surface area contributed by atoms with E-state index in [0.717, 1.165) is 6.61 Å². The molecule has 1 fully saturated rings. The molecule has 0 amide bonds. The van der Waals surface area contributed by atoms with E-state index in [1.165, 1.54) is 38.5 Å². The Hall–Kier alpha value is -0.0800. The molecule has 0 atom stereocenters. The van der Waals surface area contributed by atoms with Crippen molar-refractivity contribution in [1.82, 2.24) is 0 Å². The first-order valence-corrected chi connectivity index (χ1v) is 5.13. The van der Waals surface area contributed by atoms with Crippen LogP contribution in [0.1, 0.15) is 45.4 Å². The summed E-state index contributed by atoms with van der Waals surface area (Å²) in [6, 6.07) is 0. The van der Waals surface area contributed by atoms with E-state index in [9.17, 15) is 0 Å². The molecule has 12 heavy (non-hydrogen) atoms. The van der Waals surface area contributed by atoms with Crippen molar-refractivity contribution in [2.45, 2.75) is 51.6 Å². The summed E-state index contributed by atoms with van der Waals surface area (Å²) in [4.78, 5) is 0. The van der Waals surface area contributed by atoms with Crippen molar-refractivity contribution in [1.29, 1.82) is 0 Å². The van der Waals surface area contributed by atoms with E-state index >= 15 is 0 Å². The third kappa shape index (κ3) is 5.56. The summed E-state index contributed by atoms with van der Waals surface area (Å²) in [5.41, 5.74) is 0. The summed E-state index contributed by atoms with van der Waals surface area (Å²) < 4.78 is 10.6. The minimum Gasteiger partial charge on any atom is -0.355 e. The van der Waals surface area contributed by atoms with Gasteiger partial charge in [-0.1, -0.05) is 26.2 Å². The fourth-order valence-corrected chi connectivity index (χ4v) is 1.07. The number of hydrogen-bond acceptors (Lipinski definition) is 2. The summed E-state index contributed by atoms with van der Waals surface area (Å²) in [6.07, 6.45) is 8.09. The van der Waals surface area contributed by atoms with Gasteiger partial charge >= 0.3 is 0 Å². The van der Waals surface area contributed by atoms with Gasteiger partial charge in [0, 0.05) is 6.61 Å². The van der Waals surface area contributed by atoms with Gasteiger partial charge in [-0.05, 0) is 19.3 Å². The Morgan fingerprint density at radius 1 is 1.17 bits per heavy atom. The Labute approximate surface area is 75.2 Å². The second kappa shape index (κ2) is 6.44. The van der Waals surface area contributed by atoms with Crippen molar-refractivity contribution in [2.24, 2.45) is 0 Å². The first kappa shape index (κ1) is 10.0. The van der Waals surface area contributed by atoms with Crippen LogP contribution in [0.15, 0.2) is 0 Å². The third-order valence-corrected chi connectivity index (χ3v) is 2.05. The zero-order chi connectivity index (χ0) is 8.65. The predicted molar refractivity (Wildman–Crippen MR) is 49.1 cm³/mol. The fourth-order valence-electron chi connectivity index (χ4n) is 1.07. The molecule has 0 saturated heterocycles. The van der Waals surface area contributed by atoms with Crippen molar-refractivity contribution in [2.75, 3.05) is 13.4 Å². The standard InChI is InChI=1S/C10H20O2/c1-2-3-4-5-8-11-9-12-10-6-7-10/h10H,2-9H2,1H3. The molecule has 0 radical (unpaired) electrons. The lowest BCUT2D eigenvalue weighted by Crippen LogP contribution is -2.02. The van der Waals surface area contributed by atoms with Crippen molar-refractivity contribution in [3.05, 3.63) is 0 Å². The number of ether oxygens (including phenoxy) is 2. The van der Waals surface area contributed by atoms with Crippen LogP contribution in [-0.4, -0.2) is 19.5 Å². The highest BCUT2D eigenvalue weighted by Gasteiger charge is 2.21. The molecule has 1 saturated carbocycles. The van der Waals surface area contributed by atoms with Crippen molar-refractivity contribution in [3.63, 3.8) is 0 Å². The average Bonchev–Trinajstić information content (AvgIpc) is 2.87. The van der Waals surface area contributed by atoms with Gasteiger partial charge in [-0.3, -0.25) is 0 Å². The maximum atomic E-state index is 5.34. The molecule has 72 valence electrons. The number of hydrogen-bond donors (Lipinski definition) is 0. The maximum absolute atomic E-state index is 5.34. The molecule has 0 aromatic carbocycles. The maximum Gasteiger partial charge on any atom is 0.147 e. The van der Waals surface area contributed by atoms with Gasteiger partial charge in [0.2, 0.25) is 0 Å². The molecule has 0 spiro atoms. The van der Waals surface area contributed by atoms with Gasteiger partial charge in [-0.25, -0.2) is 0 Å². The lowest BCUT2D eigenvalue weighted by Gasteiger charge is -2.03. The van der Waals surface area contributed by atoms with Crippen LogP contribution in [0.3, 0.4) is 0 Å². The van der Waals surface area contributed by atoms with Gasteiger partial charge in [0.15, 0.2) is 0 Å². The van der Waals surface area contributed by atoms with E-state index in [2.05, 4.69) is 6.92 Å². The van der Waals surface area contributed by atoms with Gasteiger partial charge in [0.25, 0.3) is 0 Å². The number of unbranched alkanes of at least 4 members (excludes halogenated alkanes) is 3. The monoisotopic (exact) mass is 172 g/mol. The molecule has 0 bridgehead atoms. The molecule has 1 rings (SSSR count). The molecule has 0 aliphatic heterocycles. The summed E-state index contributed by atoms with van der Waals surface area (Å²) >= 11 is 0. The van der Waals surface area contributed by atoms with Crippen LogP contribution in [0, 0.1) is 0 Å². The number of rotatable bonds is 8. The van der Waals surface area contributed by atoms with E-state index < -0.39 is 0 Å². The quantitative estimate of drug-likeness (QED) is 0.414. The Bertz CT molecular complexity index is 100. The van der Waals surface area contributed by atoms with Crippen LogP contribution in [0.2, 0.25) is 0 Å². The minimum atomic E-state index is 0.511. The molecule has 2 heteroatoms. The largest absolute Gasteiger partial charge is 0.355 e. The van der Waals surface area contributed by atoms with Crippen LogP contribution in [0.5, 0.6) is 0 Å². The zero-order valence-electron chi connectivity index (χ0n) is 8.05. The first-order chi connectivity index (χ1) is 5.93. The summed E-state index contributed by atoms with van der Waals surface area (Å²) in [6.45, 7) is 3.60. The van der Waals surface area contributed by atoms with E-state index in [1.807, 2.05) is 0 Å². The Morgan fingerprint density at radius 3 is 2.67 bits per heavy atom. The lowest BCUT2D eigenvalue weighted by atomic mass is 10.2. The van der Waals surface area contributed by atoms with E-state index in [-0.39, 0.29) is 0 Å². The first-order valence-electron chi connectivity index (χ1n) is 5.13. The van der Waals surface area contributed by atoms with Crippen molar-refractivity contribution >= 4 is 0 Å². The van der Waals surface area contributed by atoms with Gasteiger partial charge in [-0.2, -0.15) is 0 Å². The molecule has 0 heterocycles. The smallest absolute Gasteiger partial charge is 0.147 e. The lowest BCUT2D eigenvalue weighted by molar-refractivity contribution is -0.0622. The average molecular weight is 172 g/mol. The molecular formula is C10H20O2. The molecule has 0 aromatic heterocycles. The topological polar surface area (TPSA) is 18.5 Å². The van der Waals surface area contributed by atoms with Crippen molar-refractivity contribution < 1.29 is 9.47 Å². The minimum absolute atomic E-state index is 0.511. The molecule has 0 aromatic rings. The van der Waals surface area contributed by atoms with Crippen LogP contribution in [0.4, 0.5) is 0 Å². The van der Waals surface area contributed by atoms with Crippen LogP contribution < -0.4 is 0 Å². The SMILES string of the molecule is CCCCCCOCOC1CC1. The van der Waals surface area contributed by atoms with E-state index in [1.54, 1.807) is 0 Å². The fraction of sp³-hybridized carbons (Fsp3) is 1.00. The zero-order valence-corrected chi connectivity index (χ0v) is 8.05. The molecule has 0 unspecified atom stereocenters. The summed E-state index contributed by atoms with van der Waals surface area (Å²) in [5, 5.41) is 0. The second-order valence-electron chi connectivity index (χ2n) is 3.45. The van der Waals surface area contributed by atoms with Crippen LogP contribution in [0.25, 0.3) is 0 Å². The Kier molecular flexibility index (Phi) is 5.37. The highest BCUT2D eigenvalue weighted by Crippen LogP contribution is 2.22. The molecule has 2 nitrogen and oxygen atoms in total. The summed E-state index contributed by atoms with van der Waals surface area (Å²) in [5.74, 6) is 0. The predicted octanol–water partition coefficient (Wildman–Crippen LogP) is 2.72. The van der Waals surface area contributed by atoms with Gasteiger partial charge < -0.3 is 9.47 Å². The Morgan fingerprint density at radius 2 is 2.00 bits per heavy atom. The van der Waals surface area contributed by atoms with Crippen LogP contribution >= 0.6 is 0 Å². The highest BCUT2D eigenvalue weighted by molar-refractivity contribution is 4.72. The van der Waals surface area contributed by atoms with Gasteiger partial charge in [0.1, 0.15) is 6.79 Å². The van der Waals surface area contributed by atoms with Crippen LogP contribution in [-0.2, 0) is 9.47 Å². The van der Waals surface area contributed by atoms with Gasteiger partial charge in [-0.15, -0.1) is 0 Å². The van der Waals surface area contributed by atoms with Gasteiger partial charge in [0.05, 0.1) is 6.10 Å². The van der Waals surface area contributed by atoms with E-state index in [4.69, 9.17) is 9.47 Å².